The van der Waals surface area contributed by atoms with Crippen LogP contribution < -0.4 is 19.2 Å². The molecule has 0 aromatic heterocycles. The van der Waals surface area contributed by atoms with Gasteiger partial charge in [0.05, 0.1) is 35.4 Å². The predicted molar refractivity (Wildman–Crippen MR) is 134 cm³/mol. The van der Waals surface area contributed by atoms with Crippen LogP contribution in [-0.2, 0) is 14.8 Å². The number of methoxy groups -OCH3 is 2. The summed E-state index contributed by atoms with van der Waals surface area (Å²) in [6.45, 7) is 0.950. The SMILES string of the molecule is COc1ccc(S(=O)(=O)N(CC(=O)N/N=C(/C)c2cccc([N+](=O)[O-])c2)c2ccccc2OC)cc1. The second kappa shape index (κ2) is 11.3. The topological polar surface area (TPSA) is 140 Å². The lowest BCUT2D eigenvalue weighted by atomic mass is 10.1. The molecule has 0 fully saturated rings. The number of carbonyl (C=O) groups is 1. The van der Waals surface area contributed by atoms with E-state index < -0.39 is 27.4 Å². The summed E-state index contributed by atoms with van der Waals surface area (Å²) < 4.78 is 38.4. The number of para-hydroxylation sites is 2. The first-order valence-corrected chi connectivity index (χ1v) is 12.0. The summed E-state index contributed by atoms with van der Waals surface area (Å²) >= 11 is 0. The fourth-order valence-corrected chi connectivity index (χ4v) is 4.66. The molecule has 3 aromatic rings. The molecule has 3 aromatic carbocycles. The molecule has 0 spiro atoms. The molecule has 0 saturated carbocycles. The summed E-state index contributed by atoms with van der Waals surface area (Å²) in [5, 5.41) is 15.0. The lowest BCUT2D eigenvalue weighted by Crippen LogP contribution is -2.40. The Morgan fingerprint density at radius 2 is 1.72 bits per heavy atom. The Kier molecular flexibility index (Phi) is 8.22. The first-order chi connectivity index (χ1) is 17.2. The van der Waals surface area contributed by atoms with Gasteiger partial charge in [0.1, 0.15) is 18.0 Å². The summed E-state index contributed by atoms with van der Waals surface area (Å²) in [4.78, 5) is 23.2. The maximum Gasteiger partial charge on any atom is 0.270 e. The molecule has 0 radical (unpaired) electrons. The van der Waals surface area contributed by atoms with Gasteiger partial charge < -0.3 is 9.47 Å². The van der Waals surface area contributed by atoms with Gasteiger partial charge in [0.15, 0.2) is 0 Å². The minimum atomic E-state index is -4.20. The van der Waals surface area contributed by atoms with Gasteiger partial charge in [0.2, 0.25) is 0 Å². The summed E-state index contributed by atoms with van der Waals surface area (Å²) in [6.07, 6.45) is 0. The quantitative estimate of drug-likeness (QED) is 0.249. The highest BCUT2D eigenvalue weighted by Crippen LogP contribution is 2.32. The molecule has 1 N–H and O–H groups in total. The maximum absolute atomic E-state index is 13.5. The van der Waals surface area contributed by atoms with E-state index in [0.717, 1.165) is 4.31 Å². The number of carbonyl (C=O) groups excluding carboxylic acids is 1. The van der Waals surface area contributed by atoms with Crippen molar-refractivity contribution >= 4 is 33.0 Å². The van der Waals surface area contributed by atoms with Gasteiger partial charge in [-0.05, 0) is 43.3 Å². The van der Waals surface area contributed by atoms with Gasteiger partial charge in [-0.1, -0.05) is 24.3 Å². The van der Waals surface area contributed by atoms with Crippen molar-refractivity contribution in [3.8, 4) is 11.5 Å². The number of ether oxygens (including phenoxy) is 2. The van der Waals surface area contributed by atoms with E-state index in [-0.39, 0.29) is 22.0 Å². The molecule has 0 bridgehead atoms. The maximum atomic E-state index is 13.5. The second-order valence-corrected chi connectivity index (χ2v) is 9.26. The number of sulfonamides is 1. The number of nitrogens with one attached hydrogen (secondary N) is 1. The number of anilines is 1. The fourth-order valence-electron chi connectivity index (χ4n) is 3.23. The van der Waals surface area contributed by atoms with Crippen LogP contribution in [0.2, 0.25) is 0 Å². The number of benzene rings is 3. The number of hydrogen-bond donors (Lipinski definition) is 1. The molecule has 36 heavy (non-hydrogen) atoms. The lowest BCUT2D eigenvalue weighted by Gasteiger charge is -2.25. The third-order valence-electron chi connectivity index (χ3n) is 5.11. The van der Waals surface area contributed by atoms with Gasteiger partial charge in [0.25, 0.3) is 21.6 Å². The monoisotopic (exact) mass is 512 g/mol. The molecule has 0 unspecified atom stereocenters. The average Bonchev–Trinajstić information content (AvgIpc) is 2.90. The second-order valence-electron chi connectivity index (χ2n) is 7.40. The van der Waals surface area contributed by atoms with Crippen LogP contribution >= 0.6 is 0 Å². The van der Waals surface area contributed by atoms with Gasteiger partial charge in [-0.25, -0.2) is 13.8 Å². The number of non-ortho nitro benzene ring substituents is 1. The number of hydrogen-bond acceptors (Lipinski definition) is 8. The third-order valence-corrected chi connectivity index (χ3v) is 6.89. The van der Waals surface area contributed by atoms with E-state index in [4.69, 9.17) is 9.47 Å². The normalized spacial score (nSPS) is 11.5. The molecule has 0 aliphatic heterocycles. The zero-order chi connectivity index (χ0) is 26.3. The van der Waals surface area contributed by atoms with Crippen LogP contribution in [0.5, 0.6) is 11.5 Å². The van der Waals surface area contributed by atoms with Crippen LogP contribution in [0.15, 0.2) is 82.8 Å². The number of nitro benzene ring substituents is 1. The molecule has 1 amide bonds. The van der Waals surface area contributed by atoms with Gasteiger partial charge in [-0.3, -0.25) is 19.2 Å². The zero-order valence-corrected chi connectivity index (χ0v) is 20.6. The molecule has 188 valence electrons. The van der Waals surface area contributed by atoms with Crippen LogP contribution in [-0.4, -0.2) is 45.7 Å². The lowest BCUT2D eigenvalue weighted by molar-refractivity contribution is -0.384. The van der Waals surface area contributed by atoms with Crippen LogP contribution in [0.4, 0.5) is 11.4 Å². The fraction of sp³-hybridized carbons (Fsp3) is 0.167. The molecule has 3 rings (SSSR count). The molecule has 0 aliphatic carbocycles. The van der Waals surface area contributed by atoms with Crippen molar-refractivity contribution in [3.05, 3.63) is 88.5 Å². The molecule has 11 nitrogen and oxygen atoms in total. The number of hydrazone groups is 1. The molecular weight excluding hydrogens is 488 g/mol. The third kappa shape index (κ3) is 5.96. The van der Waals surface area contributed by atoms with E-state index in [1.807, 2.05) is 0 Å². The Balaban J connectivity index is 1.91. The van der Waals surface area contributed by atoms with Crippen molar-refractivity contribution in [1.29, 1.82) is 0 Å². The van der Waals surface area contributed by atoms with E-state index in [1.54, 1.807) is 31.2 Å². The predicted octanol–water partition coefficient (Wildman–Crippen LogP) is 3.35. The van der Waals surface area contributed by atoms with Crippen LogP contribution in [0.25, 0.3) is 0 Å². The molecule has 0 atom stereocenters. The number of nitrogens with zero attached hydrogens (tertiary/aromatic N) is 3. The zero-order valence-electron chi connectivity index (χ0n) is 19.7. The Bertz CT molecular complexity index is 1390. The average molecular weight is 513 g/mol. The number of rotatable bonds is 10. The molecule has 0 aliphatic rings. The first kappa shape index (κ1) is 26.2. The van der Waals surface area contributed by atoms with Crippen molar-refractivity contribution in [1.82, 2.24) is 5.43 Å². The van der Waals surface area contributed by atoms with Crippen LogP contribution in [0.1, 0.15) is 12.5 Å². The summed E-state index contributed by atoms with van der Waals surface area (Å²) in [5.41, 5.74) is 3.08. The van der Waals surface area contributed by atoms with E-state index in [0.29, 0.717) is 17.0 Å². The van der Waals surface area contributed by atoms with Crippen molar-refractivity contribution in [2.75, 3.05) is 25.1 Å². The largest absolute Gasteiger partial charge is 0.497 e. The van der Waals surface area contributed by atoms with Gasteiger partial charge in [0, 0.05) is 17.7 Å². The van der Waals surface area contributed by atoms with Crippen molar-refractivity contribution in [3.63, 3.8) is 0 Å². The minimum Gasteiger partial charge on any atom is -0.497 e. The summed E-state index contributed by atoms with van der Waals surface area (Å²) in [5.74, 6) is -0.0112. The first-order valence-electron chi connectivity index (χ1n) is 10.5. The van der Waals surface area contributed by atoms with Crippen molar-refractivity contribution in [2.45, 2.75) is 11.8 Å². The summed E-state index contributed by atoms with van der Waals surface area (Å²) in [6, 6.07) is 17.9. The van der Waals surface area contributed by atoms with Crippen molar-refractivity contribution < 1.29 is 27.6 Å². The molecule has 12 heteroatoms. The smallest absolute Gasteiger partial charge is 0.270 e. The van der Waals surface area contributed by atoms with E-state index >= 15 is 0 Å². The highest BCUT2D eigenvalue weighted by atomic mass is 32.2. The van der Waals surface area contributed by atoms with Crippen LogP contribution in [0.3, 0.4) is 0 Å². The highest BCUT2D eigenvalue weighted by molar-refractivity contribution is 7.92. The van der Waals surface area contributed by atoms with E-state index in [9.17, 15) is 23.3 Å². The molecule has 0 saturated heterocycles. The van der Waals surface area contributed by atoms with Gasteiger partial charge in [-0.2, -0.15) is 5.10 Å². The molecular formula is C24H24N4O7S. The van der Waals surface area contributed by atoms with E-state index in [2.05, 4.69) is 10.5 Å². The Morgan fingerprint density at radius 1 is 1.03 bits per heavy atom. The summed E-state index contributed by atoms with van der Waals surface area (Å²) in [7, 11) is -1.34. The Labute approximate surface area is 208 Å². The van der Waals surface area contributed by atoms with E-state index in [1.165, 1.54) is 62.8 Å². The highest BCUT2D eigenvalue weighted by Gasteiger charge is 2.29. The van der Waals surface area contributed by atoms with Gasteiger partial charge in [-0.15, -0.1) is 0 Å². The van der Waals surface area contributed by atoms with Gasteiger partial charge >= 0.3 is 0 Å². The number of nitro groups is 1. The number of amides is 1. The molecule has 0 heterocycles. The standard InChI is InChI=1S/C24H24N4O7S/c1-17(18-7-6-8-19(15-18)28(30)31)25-26-24(29)16-27(22-9-4-5-10-23(22)35-3)36(32,33)21-13-11-20(34-2)12-14-21/h4-15H,16H2,1-3H3,(H,26,29)/b25-17-. The van der Waals surface area contributed by atoms with Crippen molar-refractivity contribution in [2.24, 2.45) is 5.10 Å². The Morgan fingerprint density at radius 3 is 2.36 bits per heavy atom. The minimum absolute atomic E-state index is 0.0571. The Hall–Kier alpha value is -4.45. The van der Waals surface area contributed by atoms with Crippen LogP contribution in [0, 0.1) is 10.1 Å².